The predicted molar refractivity (Wildman–Crippen MR) is 66.5 cm³/mol. The van der Waals surface area contributed by atoms with Crippen LogP contribution in [0.2, 0.25) is 0 Å². The van der Waals surface area contributed by atoms with Crippen LogP contribution in [0.5, 0.6) is 0 Å². The van der Waals surface area contributed by atoms with E-state index in [1.165, 1.54) is 18.3 Å². The fourth-order valence-electron chi connectivity index (χ4n) is 1.38. The van der Waals surface area contributed by atoms with Gasteiger partial charge in [0.15, 0.2) is 5.76 Å². The second kappa shape index (κ2) is 5.19. The molecule has 2 N–H and O–H groups in total. The zero-order chi connectivity index (χ0) is 13.0. The lowest BCUT2D eigenvalue weighted by molar-refractivity contribution is 0.380. The molecule has 2 aromatic rings. The van der Waals surface area contributed by atoms with Gasteiger partial charge in [-0.25, -0.2) is 13.1 Å². The summed E-state index contributed by atoms with van der Waals surface area (Å²) >= 11 is 0. The molecule has 0 aliphatic heterocycles. The Morgan fingerprint density at radius 3 is 2.50 bits per heavy atom. The second-order valence-electron chi connectivity index (χ2n) is 3.58. The maximum Gasteiger partial charge on any atom is 0.240 e. The molecule has 0 bridgehead atoms. The summed E-state index contributed by atoms with van der Waals surface area (Å²) < 4.78 is 31.1. The number of aromatic nitrogens is 1. The quantitative estimate of drug-likeness (QED) is 0.850. The molecule has 0 amide bonds. The molecular formula is C11H13N3O3S. The summed E-state index contributed by atoms with van der Waals surface area (Å²) in [6.45, 7) is 0.0795. The van der Waals surface area contributed by atoms with Gasteiger partial charge >= 0.3 is 0 Å². The third-order valence-electron chi connectivity index (χ3n) is 2.38. The minimum atomic E-state index is -3.53. The maximum atomic E-state index is 11.9. The van der Waals surface area contributed by atoms with Crippen LogP contribution in [0.4, 0.5) is 5.69 Å². The van der Waals surface area contributed by atoms with Gasteiger partial charge in [-0.15, -0.1) is 0 Å². The van der Waals surface area contributed by atoms with Crippen molar-refractivity contribution < 1.29 is 12.9 Å². The average Bonchev–Trinajstić information content (AvgIpc) is 2.90. The van der Waals surface area contributed by atoms with E-state index >= 15 is 0 Å². The largest absolute Gasteiger partial charge is 0.388 e. The fourth-order valence-corrected chi connectivity index (χ4v) is 2.38. The molecule has 7 heteroatoms. The zero-order valence-electron chi connectivity index (χ0n) is 9.75. The van der Waals surface area contributed by atoms with Crippen molar-refractivity contribution in [2.75, 3.05) is 12.4 Å². The fraction of sp³-hybridized carbons (Fsp3) is 0.182. The van der Waals surface area contributed by atoms with Gasteiger partial charge in [0, 0.05) is 18.8 Å². The van der Waals surface area contributed by atoms with E-state index in [0.717, 1.165) is 5.69 Å². The first-order chi connectivity index (χ1) is 8.62. The van der Waals surface area contributed by atoms with Crippen LogP contribution >= 0.6 is 0 Å². The monoisotopic (exact) mass is 267 g/mol. The Kier molecular flexibility index (Phi) is 3.63. The highest BCUT2D eigenvalue weighted by atomic mass is 32.2. The van der Waals surface area contributed by atoms with E-state index in [1.807, 2.05) is 0 Å². The van der Waals surface area contributed by atoms with Crippen LogP contribution in [0.15, 0.2) is 45.9 Å². The van der Waals surface area contributed by atoms with Crippen molar-refractivity contribution >= 4 is 15.7 Å². The van der Waals surface area contributed by atoms with Gasteiger partial charge in [0.2, 0.25) is 10.0 Å². The standard InChI is InChI=1S/C11H13N3O3S/c1-12-9-2-4-11(5-3-9)18(15,16)14-8-10-6-7-13-17-10/h2-7,12,14H,8H2,1H3. The molecule has 0 unspecified atom stereocenters. The van der Waals surface area contributed by atoms with Crippen molar-refractivity contribution in [1.82, 2.24) is 9.88 Å². The molecule has 0 radical (unpaired) electrons. The number of hydrogen-bond donors (Lipinski definition) is 2. The Labute approximate surface area is 105 Å². The highest BCUT2D eigenvalue weighted by Gasteiger charge is 2.14. The van der Waals surface area contributed by atoms with Crippen molar-refractivity contribution in [1.29, 1.82) is 0 Å². The van der Waals surface area contributed by atoms with Crippen LogP contribution in [0.1, 0.15) is 5.76 Å². The molecular weight excluding hydrogens is 254 g/mol. The van der Waals surface area contributed by atoms with Crippen molar-refractivity contribution in [3.8, 4) is 0 Å². The van der Waals surface area contributed by atoms with Crippen molar-refractivity contribution in [2.45, 2.75) is 11.4 Å². The third kappa shape index (κ3) is 2.88. The second-order valence-corrected chi connectivity index (χ2v) is 5.34. The van der Waals surface area contributed by atoms with Crippen LogP contribution in [-0.2, 0) is 16.6 Å². The van der Waals surface area contributed by atoms with E-state index in [0.29, 0.717) is 5.76 Å². The normalized spacial score (nSPS) is 11.4. The van der Waals surface area contributed by atoms with E-state index in [1.54, 1.807) is 25.2 Å². The Balaban J connectivity index is 2.09. The summed E-state index contributed by atoms with van der Waals surface area (Å²) in [4.78, 5) is 0.209. The summed E-state index contributed by atoms with van der Waals surface area (Å²) in [5, 5.41) is 6.42. The van der Waals surface area contributed by atoms with Gasteiger partial charge in [0.1, 0.15) is 0 Å². The zero-order valence-corrected chi connectivity index (χ0v) is 10.6. The highest BCUT2D eigenvalue weighted by molar-refractivity contribution is 7.89. The van der Waals surface area contributed by atoms with Gasteiger partial charge in [-0.1, -0.05) is 5.16 Å². The van der Waals surface area contributed by atoms with Crippen LogP contribution in [-0.4, -0.2) is 20.6 Å². The van der Waals surface area contributed by atoms with Gasteiger partial charge in [-0.2, -0.15) is 0 Å². The molecule has 6 nitrogen and oxygen atoms in total. The number of anilines is 1. The molecule has 0 aliphatic rings. The number of sulfonamides is 1. The van der Waals surface area contributed by atoms with E-state index in [-0.39, 0.29) is 11.4 Å². The van der Waals surface area contributed by atoms with Gasteiger partial charge < -0.3 is 9.84 Å². The van der Waals surface area contributed by atoms with E-state index in [9.17, 15) is 8.42 Å². The molecule has 0 fully saturated rings. The number of nitrogens with zero attached hydrogens (tertiary/aromatic N) is 1. The van der Waals surface area contributed by atoms with Gasteiger partial charge in [-0.05, 0) is 24.3 Å². The molecule has 0 atom stereocenters. The number of benzene rings is 1. The van der Waals surface area contributed by atoms with Crippen LogP contribution in [0, 0.1) is 0 Å². The lowest BCUT2D eigenvalue weighted by atomic mass is 10.3. The summed E-state index contributed by atoms with van der Waals surface area (Å²) in [6, 6.07) is 8.07. The maximum absolute atomic E-state index is 11.9. The first-order valence-electron chi connectivity index (χ1n) is 5.29. The smallest absolute Gasteiger partial charge is 0.240 e. The van der Waals surface area contributed by atoms with Crippen molar-refractivity contribution in [3.63, 3.8) is 0 Å². The minimum absolute atomic E-state index is 0.0795. The lowest BCUT2D eigenvalue weighted by Gasteiger charge is -2.06. The van der Waals surface area contributed by atoms with Gasteiger partial charge in [-0.3, -0.25) is 0 Å². The molecule has 96 valence electrons. The molecule has 2 rings (SSSR count). The first kappa shape index (κ1) is 12.6. The Bertz CT molecular complexity index is 591. The molecule has 0 spiro atoms. The number of rotatable bonds is 5. The minimum Gasteiger partial charge on any atom is -0.388 e. The number of hydrogen-bond acceptors (Lipinski definition) is 5. The Hall–Kier alpha value is -1.86. The Morgan fingerprint density at radius 2 is 1.94 bits per heavy atom. The molecule has 1 aromatic carbocycles. The predicted octanol–water partition coefficient (Wildman–Crippen LogP) is 1.19. The molecule has 0 saturated carbocycles. The van der Waals surface area contributed by atoms with E-state index in [2.05, 4.69) is 15.2 Å². The van der Waals surface area contributed by atoms with Gasteiger partial charge in [0.05, 0.1) is 17.6 Å². The number of nitrogens with one attached hydrogen (secondary N) is 2. The lowest BCUT2D eigenvalue weighted by Crippen LogP contribution is -2.22. The van der Waals surface area contributed by atoms with Crippen LogP contribution in [0.25, 0.3) is 0 Å². The highest BCUT2D eigenvalue weighted by Crippen LogP contribution is 2.13. The summed E-state index contributed by atoms with van der Waals surface area (Å²) in [6.07, 6.45) is 1.46. The van der Waals surface area contributed by atoms with Gasteiger partial charge in [0.25, 0.3) is 0 Å². The SMILES string of the molecule is CNc1ccc(S(=O)(=O)NCc2ccno2)cc1. The summed E-state index contributed by atoms with van der Waals surface area (Å²) in [7, 11) is -1.76. The molecule has 1 heterocycles. The van der Waals surface area contributed by atoms with Crippen molar-refractivity contribution in [3.05, 3.63) is 42.3 Å². The van der Waals surface area contributed by atoms with Crippen LogP contribution in [0.3, 0.4) is 0 Å². The van der Waals surface area contributed by atoms with Crippen LogP contribution < -0.4 is 10.0 Å². The molecule has 0 aliphatic carbocycles. The topological polar surface area (TPSA) is 84.2 Å². The average molecular weight is 267 g/mol. The van der Waals surface area contributed by atoms with E-state index < -0.39 is 10.0 Å². The molecule has 1 aromatic heterocycles. The first-order valence-corrected chi connectivity index (χ1v) is 6.77. The molecule has 18 heavy (non-hydrogen) atoms. The Morgan fingerprint density at radius 1 is 1.22 bits per heavy atom. The van der Waals surface area contributed by atoms with E-state index in [4.69, 9.17) is 4.52 Å². The third-order valence-corrected chi connectivity index (χ3v) is 3.80. The molecule has 0 saturated heterocycles. The summed E-state index contributed by atoms with van der Waals surface area (Å²) in [5.74, 6) is 0.463. The summed E-state index contributed by atoms with van der Waals surface area (Å²) in [5.41, 5.74) is 0.851. The van der Waals surface area contributed by atoms with Crippen molar-refractivity contribution in [2.24, 2.45) is 0 Å².